The Bertz CT molecular complexity index is 203. The fourth-order valence-corrected chi connectivity index (χ4v) is 3.00. The summed E-state index contributed by atoms with van der Waals surface area (Å²) in [5.74, 6) is 0. The van der Waals surface area contributed by atoms with Crippen LogP contribution in [-0.4, -0.2) is 48.8 Å². The van der Waals surface area contributed by atoms with Crippen LogP contribution in [-0.2, 0) is 9.47 Å². The van der Waals surface area contributed by atoms with Gasteiger partial charge >= 0.3 is 0 Å². The van der Waals surface area contributed by atoms with Crippen LogP contribution in [0.1, 0.15) is 77.0 Å². The molecule has 2 N–H and O–H groups in total. The highest BCUT2D eigenvalue weighted by molar-refractivity contribution is 4.73. The Hall–Kier alpha value is -0.160. The minimum absolute atomic E-state index is 0.312. The van der Waals surface area contributed by atoms with Gasteiger partial charge in [0.1, 0.15) is 0 Å². The van der Waals surface area contributed by atoms with Crippen LogP contribution >= 0.6 is 0 Å². The number of aliphatic hydroxyl groups excluding tert-OH is 2. The van der Waals surface area contributed by atoms with Crippen molar-refractivity contribution in [2.24, 2.45) is 0 Å². The number of unbranched alkanes of at least 4 members (excludes halogenated alkanes) is 6. The fourth-order valence-electron chi connectivity index (χ4n) is 3.00. The van der Waals surface area contributed by atoms with Crippen LogP contribution in [0.25, 0.3) is 0 Å². The molecule has 0 spiro atoms. The minimum atomic E-state index is 0.312. The van der Waals surface area contributed by atoms with E-state index in [1.54, 1.807) is 0 Å². The average molecular weight is 316 g/mol. The molecule has 0 unspecified atom stereocenters. The van der Waals surface area contributed by atoms with Crippen LogP contribution in [0.5, 0.6) is 0 Å². The third-order valence-electron chi connectivity index (χ3n) is 4.43. The van der Waals surface area contributed by atoms with Gasteiger partial charge in [0.2, 0.25) is 0 Å². The third-order valence-corrected chi connectivity index (χ3v) is 4.43. The Morgan fingerprint density at radius 3 is 1.27 bits per heavy atom. The summed E-state index contributed by atoms with van der Waals surface area (Å²) in [6.07, 6.45) is 14.0. The molecule has 0 aromatic heterocycles. The number of hydrogen-bond donors (Lipinski definition) is 2. The Labute approximate surface area is 136 Å². The summed E-state index contributed by atoms with van der Waals surface area (Å²) >= 11 is 0. The first-order chi connectivity index (χ1) is 10.9. The lowest BCUT2D eigenvalue weighted by Crippen LogP contribution is -2.27. The van der Waals surface area contributed by atoms with E-state index in [0.29, 0.717) is 25.4 Å². The van der Waals surface area contributed by atoms with Crippen LogP contribution in [0, 0.1) is 0 Å². The zero-order valence-electron chi connectivity index (χ0n) is 14.2. The zero-order valence-corrected chi connectivity index (χ0v) is 14.2. The lowest BCUT2D eigenvalue weighted by molar-refractivity contribution is -0.0327. The molecule has 0 amide bonds. The SMILES string of the molecule is OCCCCCCOC1CCC(OCCCCCCO)CC1. The van der Waals surface area contributed by atoms with E-state index >= 15 is 0 Å². The van der Waals surface area contributed by atoms with E-state index in [1.807, 2.05) is 0 Å². The second-order valence-electron chi connectivity index (χ2n) is 6.42. The summed E-state index contributed by atoms with van der Waals surface area (Å²) in [5, 5.41) is 17.4. The summed E-state index contributed by atoms with van der Waals surface area (Å²) in [4.78, 5) is 0. The van der Waals surface area contributed by atoms with Gasteiger partial charge in [-0.3, -0.25) is 0 Å². The standard InChI is InChI=1S/C18H36O4/c19-13-5-1-3-7-15-21-17-9-11-18(12-10-17)22-16-8-4-2-6-14-20/h17-20H,1-16H2. The summed E-state index contributed by atoms with van der Waals surface area (Å²) < 4.78 is 11.9. The maximum Gasteiger partial charge on any atom is 0.0577 e. The third kappa shape index (κ3) is 10.5. The van der Waals surface area contributed by atoms with Gasteiger partial charge in [0, 0.05) is 26.4 Å². The topological polar surface area (TPSA) is 58.9 Å². The Morgan fingerprint density at radius 2 is 0.909 bits per heavy atom. The predicted molar refractivity (Wildman–Crippen MR) is 89.1 cm³/mol. The van der Waals surface area contributed by atoms with Crippen molar-refractivity contribution in [3.05, 3.63) is 0 Å². The predicted octanol–water partition coefficient (Wildman–Crippen LogP) is 3.44. The molecule has 0 aliphatic heterocycles. The van der Waals surface area contributed by atoms with E-state index < -0.39 is 0 Å². The van der Waals surface area contributed by atoms with Gasteiger partial charge in [0.25, 0.3) is 0 Å². The van der Waals surface area contributed by atoms with E-state index in [0.717, 1.165) is 90.3 Å². The van der Waals surface area contributed by atoms with Crippen molar-refractivity contribution in [1.29, 1.82) is 0 Å². The molecule has 0 radical (unpaired) electrons. The van der Waals surface area contributed by atoms with Gasteiger partial charge in [-0.15, -0.1) is 0 Å². The van der Waals surface area contributed by atoms with Crippen LogP contribution in [0.4, 0.5) is 0 Å². The Balaban J connectivity index is 1.88. The summed E-state index contributed by atoms with van der Waals surface area (Å²) in [6.45, 7) is 2.36. The number of ether oxygens (including phenoxy) is 2. The Kier molecular flexibility index (Phi) is 13.0. The highest BCUT2D eigenvalue weighted by Gasteiger charge is 2.21. The molecule has 1 aliphatic rings. The highest BCUT2D eigenvalue weighted by atomic mass is 16.5. The van der Waals surface area contributed by atoms with Gasteiger partial charge < -0.3 is 19.7 Å². The molecule has 4 nitrogen and oxygen atoms in total. The maximum atomic E-state index is 8.71. The summed E-state index contributed by atoms with van der Waals surface area (Å²) in [6, 6.07) is 0. The molecule has 0 atom stereocenters. The van der Waals surface area contributed by atoms with Crippen molar-refractivity contribution in [2.75, 3.05) is 26.4 Å². The molecule has 132 valence electrons. The van der Waals surface area contributed by atoms with Crippen molar-refractivity contribution in [3.8, 4) is 0 Å². The highest BCUT2D eigenvalue weighted by Crippen LogP contribution is 2.24. The van der Waals surface area contributed by atoms with Crippen LogP contribution in [0.3, 0.4) is 0 Å². The van der Waals surface area contributed by atoms with E-state index in [2.05, 4.69) is 0 Å². The smallest absolute Gasteiger partial charge is 0.0577 e. The number of aliphatic hydroxyl groups is 2. The maximum absolute atomic E-state index is 8.71. The molecule has 4 heteroatoms. The molecular formula is C18H36O4. The monoisotopic (exact) mass is 316 g/mol. The normalized spacial score (nSPS) is 22.1. The first-order valence-electron chi connectivity index (χ1n) is 9.31. The van der Waals surface area contributed by atoms with Gasteiger partial charge in [0.15, 0.2) is 0 Å². The number of rotatable bonds is 14. The molecule has 0 aromatic rings. The van der Waals surface area contributed by atoms with Crippen molar-refractivity contribution in [2.45, 2.75) is 89.3 Å². The molecule has 22 heavy (non-hydrogen) atoms. The molecule has 0 aromatic carbocycles. The van der Waals surface area contributed by atoms with Gasteiger partial charge in [0.05, 0.1) is 12.2 Å². The fraction of sp³-hybridized carbons (Fsp3) is 1.00. The first kappa shape index (κ1) is 19.9. The van der Waals surface area contributed by atoms with Gasteiger partial charge in [-0.2, -0.15) is 0 Å². The van der Waals surface area contributed by atoms with Gasteiger partial charge in [-0.25, -0.2) is 0 Å². The largest absolute Gasteiger partial charge is 0.396 e. The molecule has 1 aliphatic carbocycles. The molecule has 1 rings (SSSR count). The summed E-state index contributed by atoms with van der Waals surface area (Å²) in [5.41, 5.74) is 0. The lowest BCUT2D eigenvalue weighted by Gasteiger charge is -2.28. The summed E-state index contributed by atoms with van der Waals surface area (Å²) in [7, 11) is 0. The lowest BCUT2D eigenvalue weighted by atomic mass is 9.95. The van der Waals surface area contributed by atoms with E-state index in [9.17, 15) is 0 Å². The average Bonchev–Trinajstić information content (AvgIpc) is 2.55. The Morgan fingerprint density at radius 1 is 0.545 bits per heavy atom. The van der Waals surface area contributed by atoms with Crippen molar-refractivity contribution in [1.82, 2.24) is 0 Å². The van der Waals surface area contributed by atoms with Gasteiger partial charge in [-0.1, -0.05) is 25.7 Å². The molecule has 0 saturated heterocycles. The number of hydrogen-bond acceptors (Lipinski definition) is 4. The molecule has 1 fully saturated rings. The first-order valence-corrected chi connectivity index (χ1v) is 9.31. The zero-order chi connectivity index (χ0) is 15.9. The van der Waals surface area contributed by atoms with Crippen molar-refractivity contribution in [3.63, 3.8) is 0 Å². The van der Waals surface area contributed by atoms with Gasteiger partial charge in [-0.05, 0) is 51.4 Å². The van der Waals surface area contributed by atoms with E-state index in [-0.39, 0.29) is 0 Å². The van der Waals surface area contributed by atoms with Crippen molar-refractivity contribution >= 4 is 0 Å². The van der Waals surface area contributed by atoms with E-state index in [4.69, 9.17) is 19.7 Å². The molecule has 1 saturated carbocycles. The minimum Gasteiger partial charge on any atom is -0.396 e. The van der Waals surface area contributed by atoms with Crippen LogP contribution in [0.2, 0.25) is 0 Å². The quantitative estimate of drug-likeness (QED) is 0.482. The van der Waals surface area contributed by atoms with E-state index in [1.165, 1.54) is 0 Å². The second kappa shape index (κ2) is 14.4. The molecule has 0 heterocycles. The van der Waals surface area contributed by atoms with Crippen LogP contribution in [0.15, 0.2) is 0 Å². The second-order valence-corrected chi connectivity index (χ2v) is 6.42. The molecule has 0 bridgehead atoms. The van der Waals surface area contributed by atoms with Crippen molar-refractivity contribution < 1.29 is 19.7 Å². The van der Waals surface area contributed by atoms with Crippen LogP contribution < -0.4 is 0 Å². The molecular weight excluding hydrogens is 280 g/mol.